The maximum atomic E-state index is 11.4. The summed E-state index contributed by atoms with van der Waals surface area (Å²) in [6.45, 7) is 1.49. The maximum Gasteiger partial charge on any atom is 0.244 e. The van der Waals surface area contributed by atoms with Crippen molar-refractivity contribution in [3.63, 3.8) is 0 Å². The average molecular weight is 262 g/mol. The molecule has 0 amide bonds. The SMILES string of the molecule is CCS(=O)(=O)NC(C(=O)Cl)c1ccccc1. The number of sulfonamides is 1. The van der Waals surface area contributed by atoms with Crippen LogP contribution in [0.3, 0.4) is 0 Å². The van der Waals surface area contributed by atoms with E-state index in [4.69, 9.17) is 11.6 Å². The molecule has 0 aliphatic rings. The number of hydrogen-bond donors (Lipinski definition) is 1. The summed E-state index contributed by atoms with van der Waals surface area (Å²) in [6, 6.07) is 7.46. The van der Waals surface area contributed by atoms with Gasteiger partial charge in [-0.05, 0) is 24.1 Å². The van der Waals surface area contributed by atoms with Gasteiger partial charge in [0.15, 0.2) is 0 Å². The van der Waals surface area contributed by atoms with E-state index >= 15 is 0 Å². The van der Waals surface area contributed by atoms with Gasteiger partial charge in [0.05, 0.1) is 5.75 Å². The van der Waals surface area contributed by atoms with Crippen molar-refractivity contribution in [3.8, 4) is 0 Å². The molecule has 0 aliphatic carbocycles. The molecule has 16 heavy (non-hydrogen) atoms. The highest BCUT2D eigenvalue weighted by molar-refractivity contribution is 7.89. The predicted molar refractivity (Wildman–Crippen MR) is 62.6 cm³/mol. The minimum atomic E-state index is -3.47. The molecule has 0 bridgehead atoms. The molecule has 0 aliphatic heterocycles. The molecule has 1 atom stereocenters. The zero-order chi connectivity index (χ0) is 12.2. The molecule has 0 saturated heterocycles. The van der Waals surface area contributed by atoms with Gasteiger partial charge < -0.3 is 0 Å². The molecule has 1 N–H and O–H groups in total. The number of benzene rings is 1. The topological polar surface area (TPSA) is 63.2 Å². The maximum absolute atomic E-state index is 11.4. The lowest BCUT2D eigenvalue weighted by atomic mass is 10.1. The van der Waals surface area contributed by atoms with Gasteiger partial charge in [0.2, 0.25) is 15.3 Å². The van der Waals surface area contributed by atoms with Crippen molar-refractivity contribution in [1.82, 2.24) is 4.72 Å². The third kappa shape index (κ3) is 3.59. The standard InChI is InChI=1S/C10H12ClNO3S/c1-2-16(14,15)12-9(10(11)13)8-6-4-3-5-7-8/h3-7,9,12H,2H2,1H3. The molecule has 0 aromatic heterocycles. The van der Waals surface area contributed by atoms with Gasteiger partial charge in [-0.2, -0.15) is 4.72 Å². The monoisotopic (exact) mass is 261 g/mol. The van der Waals surface area contributed by atoms with Crippen LogP contribution in [0.1, 0.15) is 18.5 Å². The van der Waals surface area contributed by atoms with Crippen molar-refractivity contribution >= 4 is 26.9 Å². The summed E-state index contributed by atoms with van der Waals surface area (Å²) in [5, 5.41) is -0.747. The van der Waals surface area contributed by atoms with Crippen molar-refractivity contribution in [1.29, 1.82) is 0 Å². The zero-order valence-electron chi connectivity index (χ0n) is 8.68. The molecule has 88 valence electrons. The van der Waals surface area contributed by atoms with Gasteiger partial charge >= 0.3 is 0 Å². The molecule has 1 aromatic rings. The van der Waals surface area contributed by atoms with E-state index in [1.165, 1.54) is 6.92 Å². The number of nitrogens with one attached hydrogen (secondary N) is 1. The highest BCUT2D eigenvalue weighted by atomic mass is 35.5. The summed E-state index contributed by atoms with van der Waals surface area (Å²) in [7, 11) is -3.47. The fourth-order valence-electron chi connectivity index (χ4n) is 1.15. The highest BCUT2D eigenvalue weighted by Gasteiger charge is 2.23. The van der Waals surface area contributed by atoms with E-state index in [1.807, 2.05) is 0 Å². The second-order valence-corrected chi connectivity index (χ2v) is 5.58. The summed E-state index contributed by atoms with van der Waals surface area (Å²) >= 11 is 5.38. The number of hydrogen-bond acceptors (Lipinski definition) is 3. The fourth-order valence-corrected chi connectivity index (χ4v) is 2.17. The van der Waals surface area contributed by atoms with Crippen LogP contribution in [-0.2, 0) is 14.8 Å². The lowest BCUT2D eigenvalue weighted by Gasteiger charge is -2.14. The Morgan fingerprint density at radius 1 is 1.38 bits per heavy atom. The van der Waals surface area contributed by atoms with Crippen LogP contribution in [0.25, 0.3) is 0 Å². The van der Waals surface area contributed by atoms with E-state index < -0.39 is 21.3 Å². The second-order valence-electron chi connectivity index (χ2n) is 3.17. The van der Waals surface area contributed by atoms with Crippen LogP contribution in [0.5, 0.6) is 0 Å². The molecule has 4 nitrogen and oxygen atoms in total. The Morgan fingerprint density at radius 2 is 1.94 bits per heavy atom. The van der Waals surface area contributed by atoms with Gasteiger partial charge in [0.1, 0.15) is 6.04 Å². The first kappa shape index (κ1) is 13.2. The zero-order valence-corrected chi connectivity index (χ0v) is 10.3. The first-order valence-corrected chi connectivity index (χ1v) is 6.73. The van der Waals surface area contributed by atoms with Crippen molar-refractivity contribution < 1.29 is 13.2 Å². The smallest absolute Gasteiger partial charge is 0.244 e. The normalized spacial score (nSPS) is 13.4. The quantitative estimate of drug-likeness (QED) is 0.816. The number of halogens is 1. The highest BCUT2D eigenvalue weighted by Crippen LogP contribution is 2.16. The Hall–Kier alpha value is -0.910. The van der Waals surface area contributed by atoms with E-state index in [9.17, 15) is 13.2 Å². The number of carbonyl (C=O) groups excluding carboxylic acids is 1. The van der Waals surface area contributed by atoms with Crippen molar-refractivity contribution in [2.45, 2.75) is 13.0 Å². The van der Waals surface area contributed by atoms with Crippen molar-refractivity contribution in [3.05, 3.63) is 35.9 Å². The third-order valence-electron chi connectivity index (χ3n) is 2.04. The minimum Gasteiger partial charge on any atom is -0.279 e. The summed E-state index contributed by atoms with van der Waals surface area (Å²) in [6.07, 6.45) is 0. The first-order valence-electron chi connectivity index (χ1n) is 4.70. The van der Waals surface area contributed by atoms with E-state index in [1.54, 1.807) is 30.3 Å². The van der Waals surface area contributed by atoms with Crippen molar-refractivity contribution in [2.75, 3.05) is 5.75 Å². The summed E-state index contributed by atoms with van der Waals surface area (Å²) < 4.78 is 25.0. The molecule has 0 saturated carbocycles. The second kappa shape index (κ2) is 5.43. The van der Waals surface area contributed by atoms with Crippen LogP contribution in [0.15, 0.2) is 30.3 Å². The van der Waals surface area contributed by atoms with Gasteiger partial charge in [-0.1, -0.05) is 30.3 Å². The molecule has 1 rings (SSSR count). The van der Waals surface area contributed by atoms with Crippen LogP contribution in [0.2, 0.25) is 0 Å². The molecule has 0 radical (unpaired) electrons. The molecule has 0 spiro atoms. The number of carbonyl (C=O) groups is 1. The predicted octanol–water partition coefficient (Wildman–Crippen LogP) is 1.43. The Morgan fingerprint density at radius 3 is 2.38 bits per heavy atom. The molecule has 1 aromatic carbocycles. The lowest BCUT2D eigenvalue weighted by molar-refractivity contribution is -0.113. The van der Waals surface area contributed by atoms with Crippen LogP contribution < -0.4 is 4.72 Å². The molecule has 0 heterocycles. The summed E-state index contributed by atoms with van der Waals surface area (Å²) in [4.78, 5) is 11.2. The molecule has 1 unspecified atom stereocenters. The minimum absolute atomic E-state index is 0.0967. The largest absolute Gasteiger partial charge is 0.279 e. The van der Waals surface area contributed by atoms with Crippen molar-refractivity contribution in [2.24, 2.45) is 0 Å². The van der Waals surface area contributed by atoms with Crippen LogP contribution in [-0.4, -0.2) is 19.4 Å². The van der Waals surface area contributed by atoms with Crippen LogP contribution in [0.4, 0.5) is 0 Å². The Labute approximate surface area is 99.7 Å². The Bertz CT molecular complexity index is 458. The third-order valence-corrected chi connectivity index (χ3v) is 3.61. The molecule has 6 heteroatoms. The molecular formula is C10H12ClNO3S. The van der Waals surface area contributed by atoms with E-state index in [0.29, 0.717) is 5.56 Å². The van der Waals surface area contributed by atoms with Crippen LogP contribution >= 0.6 is 11.6 Å². The van der Waals surface area contributed by atoms with Gasteiger partial charge in [0.25, 0.3) is 0 Å². The Kier molecular flexibility index (Phi) is 4.46. The first-order chi connectivity index (χ1) is 7.46. The molecular weight excluding hydrogens is 250 g/mol. The van der Waals surface area contributed by atoms with Gasteiger partial charge in [0, 0.05) is 0 Å². The van der Waals surface area contributed by atoms with Gasteiger partial charge in [-0.15, -0.1) is 0 Å². The Balaban J connectivity index is 2.99. The molecule has 0 fully saturated rings. The van der Waals surface area contributed by atoms with Gasteiger partial charge in [-0.3, -0.25) is 4.79 Å². The average Bonchev–Trinajstić information content (AvgIpc) is 2.27. The summed E-state index contributed by atoms with van der Waals surface area (Å²) in [5.41, 5.74) is 0.527. The lowest BCUT2D eigenvalue weighted by Crippen LogP contribution is -2.33. The van der Waals surface area contributed by atoms with E-state index in [2.05, 4.69) is 4.72 Å². The van der Waals surface area contributed by atoms with E-state index in [-0.39, 0.29) is 5.75 Å². The fraction of sp³-hybridized carbons (Fsp3) is 0.300. The van der Waals surface area contributed by atoms with Crippen LogP contribution in [0, 0.1) is 0 Å². The number of rotatable bonds is 5. The van der Waals surface area contributed by atoms with E-state index in [0.717, 1.165) is 0 Å². The van der Waals surface area contributed by atoms with Gasteiger partial charge in [-0.25, -0.2) is 8.42 Å². The summed E-state index contributed by atoms with van der Waals surface area (Å²) in [5.74, 6) is -0.0967.